The highest BCUT2D eigenvalue weighted by Gasteiger charge is 2.24. The fourth-order valence-electron chi connectivity index (χ4n) is 1.76. The quantitative estimate of drug-likeness (QED) is 0.800. The average Bonchev–Trinajstić information content (AvgIpc) is 2.23. The standard InChI is InChI=1S/C14H22FNS/c1-14(2,3)11(10-17)9-16(4)13-7-5-6-12(15)8-13/h5-8,11,17H,9-10H2,1-4H3. The van der Waals surface area contributed by atoms with E-state index in [1.165, 1.54) is 6.07 Å². The molecule has 1 unspecified atom stereocenters. The van der Waals surface area contributed by atoms with Gasteiger partial charge in [0.2, 0.25) is 0 Å². The Balaban J connectivity index is 2.74. The van der Waals surface area contributed by atoms with Crippen LogP contribution in [0.3, 0.4) is 0 Å². The van der Waals surface area contributed by atoms with E-state index in [0.717, 1.165) is 18.0 Å². The Morgan fingerprint density at radius 1 is 1.35 bits per heavy atom. The minimum atomic E-state index is -0.187. The van der Waals surface area contributed by atoms with Gasteiger partial charge in [0, 0.05) is 19.3 Å². The molecule has 0 saturated heterocycles. The van der Waals surface area contributed by atoms with Gasteiger partial charge in [-0.1, -0.05) is 26.8 Å². The van der Waals surface area contributed by atoms with E-state index >= 15 is 0 Å². The Morgan fingerprint density at radius 2 is 2.00 bits per heavy atom. The molecule has 0 radical (unpaired) electrons. The maximum atomic E-state index is 13.1. The number of anilines is 1. The molecule has 1 aromatic carbocycles. The van der Waals surface area contributed by atoms with E-state index < -0.39 is 0 Å². The van der Waals surface area contributed by atoms with Crippen LogP contribution in [0, 0.1) is 17.2 Å². The van der Waals surface area contributed by atoms with Crippen molar-refractivity contribution in [3.63, 3.8) is 0 Å². The molecule has 17 heavy (non-hydrogen) atoms. The van der Waals surface area contributed by atoms with E-state index in [1.807, 2.05) is 13.1 Å². The summed E-state index contributed by atoms with van der Waals surface area (Å²) in [6.07, 6.45) is 0. The molecule has 0 heterocycles. The van der Waals surface area contributed by atoms with E-state index in [2.05, 4.69) is 38.3 Å². The largest absolute Gasteiger partial charge is 0.374 e. The van der Waals surface area contributed by atoms with Crippen molar-refractivity contribution in [3.05, 3.63) is 30.1 Å². The first-order chi connectivity index (χ1) is 7.84. The fraction of sp³-hybridized carbons (Fsp3) is 0.571. The van der Waals surface area contributed by atoms with Crippen molar-refractivity contribution in [3.8, 4) is 0 Å². The maximum Gasteiger partial charge on any atom is 0.125 e. The summed E-state index contributed by atoms with van der Waals surface area (Å²) in [6.45, 7) is 7.53. The van der Waals surface area contributed by atoms with Crippen LogP contribution in [0.15, 0.2) is 24.3 Å². The van der Waals surface area contributed by atoms with Gasteiger partial charge in [0.15, 0.2) is 0 Å². The van der Waals surface area contributed by atoms with Gasteiger partial charge in [0.05, 0.1) is 0 Å². The highest BCUT2D eigenvalue weighted by molar-refractivity contribution is 7.80. The molecule has 0 aliphatic carbocycles. The molecule has 0 fully saturated rings. The summed E-state index contributed by atoms with van der Waals surface area (Å²) in [5.74, 6) is 1.12. The molecular formula is C14H22FNS. The summed E-state index contributed by atoms with van der Waals surface area (Å²) < 4.78 is 13.1. The number of hydrogen-bond acceptors (Lipinski definition) is 2. The van der Waals surface area contributed by atoms with E-state index in [-0.39, 0.29) is 11.2 Å². The zero-order valence-corrected chi connectivity index (χ0v) is 12.0. The van der Waals surface area contributed by atoms with Crippen molar-refractivity contribution < 1.29 is 4.39 Å². The fourth-order valence-corrected chi connectivity index (χ4v) is 2.42. The molecule has 0 aliphatic heterocycles. The highest BCUT2D eigenvalue weighted by Crippen LogP contribution is 2.28. The van der Waals surface area contributed by atoms with Crippen molar-refractivity contribution in [2.24, 2.45) is 11.3 Å². The van der Waals surface area contributed by atoms with Crippen LogP contribution in [-0.2, 0) is 0 Å². The van der Waals surface area contributed by atoms with Crippen molar-refractivity contribution in [2.75, 3.05) is 24.2 Å². The number of hydrogen-bond donors (Lipinski definition) is 1. The molecule has 0 aliphatic rings. The Bertz CT molecular complexity index is 359. The molecular weight excluding hydrogens is 233 g/mol. The van der Waals surface area contributed by atoms with Gasteiger partial charge < -0.3 is 4.90 Å². The van der Waals surface area contributed by atoms with E-state index in [9.17, 15) is 4.39 Å². The first kappa shape index (κ1) is 14.4. The van der Waals surface area contributed by atoms with E-state index in [0.29, 0.717) is 5.92 Å². The smallest absolute Gasteiger partial charge is 0.125 e. The molecule has 0 amide bonds. The van der Waals surface area contributed by atoms with Gasteiger partial charge in [-0.05, 0) is 35.3 Å². The molecule has 0 N–H and O–H groups in total. The number of rotatable bonds is 4. The van der Waals surface area contributed by atoms with Crippen LogP contribution < -0.4 is 4.90 Å². The average molecular weight is 255 g/mol. The second-order valence-electron chi connectivity index (χ2n) is 5.61. The Hall–Kier alpha value is -0.700. The molecule has 0 spiro atoms. The van der Waals surface area contributed by atoms with E-state index in [4.69, 9.17) is 0 Å². The first-order valence-electron chi connectivity index (χ1n) is 5.92. The van der Waals surface area contributed by atoms with Crippen LogP contribution in [0.1, 0.15) is 20.8 Å². The number of benzene rings is 1. The highest BCUT2D eigenvalue weighted by atomic mass is 32.1. The van der Waals surface area contributed by atoms with Crippen LogP contribution in [-0.4, -0.2) is 19.3 Å². The third-order valence-corrected chi connectivity index (χ3v) is 3.63. The minimum absolute atomic E-state index is 0.187. The van der Waals surface area contributed by atoms with Crippen LogP contribution in [0.5, 0.6) is 0 Å². The zero-order chi connectivity index (χ0) is 13.1. The second kappa shape index (κ2) is 5.76. The molecule has 1 rings (SSSR count). The van der Waals surface area contributed by atoms with Crippen molar-refractivity contribution >= 4 is 18.3 Å². The predicted molar refractivity (Wildman–Crippen MR) is 76.5 cm³/mol. The van der Waals surface area contributed by atoms with Crippen LogP contribution in [0.25, 0.3) is 0 Å². The van der Waals surface area contributed by atoms with Crippen LogP contribution >= 0.6 is 12.6 Å². The zero-order valence-electron chi connectivity index (χ0n) is 11.1. The summed E-state index contributed by atoms with van der Waals surface area (Å²) in [4.78, 5) is 2.09. The monoisotopic (exact) mass is 255 g/mol. The summed E-state index contributed by atoms with van der Waals surface area (Å²) in [7, 11) is 2.00. The van der Waals surface area contributed by atoms with Gasteiger partial charge in [-0.3, -0.25) is 0 Å². The Labute approximate surface area is 109 Å². The second-order valence-corrected chi connectivity index (χ2v) is 5.97. The van der Waals surface area contributed by atoms with Crippen LogP contribution in [0.2, 0.25) is 0 Å². The molecule has 1 aromatic rings. The topological polar surface area (TPSA) is 3.24 Å². The van der Waals surface area contributed by atoms with Crippen molar-refractivity contribution in [1.29, 1.82) is 0 Å². The van der Waals surface area contributed by atoms with Gasteiger partial charge in [-0.15, -0.1) is 0 Å². The Kier molecular flexibility index (Phi) is 4.87. The molecule has 96 valence electrons. The van der Waals surface area contributed by atoms with E-state index in [1.54, 1.807) is 12.1 Å². The van der Waals surface area contributed by atoms with Gasteiger partial charge in [0.1, 0.15) is 5.82 Å². The molecule has 3 heteroatoms. The first-order valence-corrected chi connectivity index (χ1v) is 6.55. The third-order valence-electron chi connectivity index (χ3n) is 3.19. The number of nitrogens with zero attached hydrogens (tertiary/aromatic N) is 1. The van der Waals surface area contributed by atoms with Crippen molar-refractivity contribution in [1.82, 2.24) is 0 Å². The molecule has 0 bridgehead atoms. The Morgan fingerprint density at radius 3 is 2.47 bits per heavy atom. The lowest BCUT2D eigenvalue weighted by Crippen LogP contribution is -2.34. The molecule has 1 atom stereocenters. The van der Waals surface area contributed by atoms with Gasteiger partial charge in [-0.25, -0.2) is 4.39 Å². The SMILES string of the molecule is CN(CC(CS)C(C)(C)C)c1cccc(F)c1. The minimum Gasteiger partial charge on any atom is -0.374 e. The summed E-state index contributed by atoms with van der Waals surface area (Å²) in [5.41, 5.74) is 1.13. The number of halogens is 1. The lowest BCUT2D eigenvalue weighted by Gasteiger charge is -2.33. The normalized spacial score (nSPS) is 13.5. The third kappa shape index (κ3) is 4.23. The van der Waals surface area contributed by atoms with Crippen molar-refractivity contribution in [2.45, 2.75) is 20.8 Å². The van der Waals surface area contributed by atoms with Crippen LogP contribution in [0.4, 0.5) is 10.1 Å². The van der Waals surface area contributed by atoms with Gasteiger partial charge >= 0.3 is 0 Å². The predicted octanol–water partition coefficient (Wildman–Crippen LogP) is 3.85. The van der Waals surface area contributed by atoms with Gasteiger partial charge in [-0.2, -0.15) is 12.6 Å². The summed E-state index contributed by atoms with van der Waals surface area (Å²) >= 11 is 4.42. The lowest BCUT2D eigenvalue weighted by molar-refractivity contribution is 0.272. The lowest BCUT2D eigenvalue weighted by atomic mass is 9.81. The van der Waals surface area contributed by atoms with Gasteiger partial charge in [0.25, 0.3) is 0 Å². The molecule has 1 nitrogen and oxygen atoms in total. The maximum absolute atomic E-state index is 13.1. The summed E-state index contributed by atoms with van der Waals surface area (Å²) in [5, 5.41) is 0. The molecule has 0 aromatic heterocycles. The molecule has 0 saturated carbocycles. The number of thiol groups is 1. The summed E-state index contributed by atoms with van der Waals surface area (Å²) in [6, 6.07) is 6.71.